The molecule has 0 saturated carbocycles. The van der Waals surface area contributed by atoms with Gasteiger partial charge in [-0.1, -0.05) is 19.8 Å². The Morgan fingerprint density at radius 1 is 1.43 bits per heavy atom. The molecular formula is C14H24N2O5. The molecule has 7 nitrogen and oxygen atoms in total. The summed E-state index contributed by atoms with van der Waals surface area (Å²) in [6.45, 7) is 2.77. The number of methoxy groups -OCH3 is 1. The SMILES string of the molecule is CCCCC(NC(=O)N1CCCC(C(=O)OC)C1)C(=O)O. The van der Waals surface area contributed by atoms with Gasteiger partial charge in [0, 0.05) is 13.1 Å². The van der Waals surface area contributed by atoms with E-state index in [1.54, 1.807) is 0 Å². The molecule has 2 N–H and O–H groups in total. The van der Waals surface area contributed by atoms with Crippen LogP contribution in [0.2, 0.25) is 0 Å². The number of ether oxygens (including phenoxy) is 1. The van der Waals surface area contributed by atoms with Gasteiger partial charge in [-0.25, -0.2) is 9.59 Å². The zero-order chi connectivity index (χ0) is 15.8. The van der Waals surface area contributed by atoms with Crippen LogP contribution >= 0.6 is 0 Å². The Morgan fingerprint density at radius 3 is 2.71 bits per heavy atom. The Morgan fingerprint density at radius 2 is 2.14 bits per heavy atom. The molecular weight excluding hydrogens is 276 g/mol. The second-order valence-electron chi connectivity index (χ2n) is 5.29. The molecule has 0 aromatic rings. The van der Waals surface area contributed by atoms with Crippen LogP contribution in [0.1, 0.15) is 39.0 Å². The van der Waals surface area contributed by atoms with Gasteiger partial charge in [-0.05, 0) is 19.3 Å². The van der Waals surface area contributed by atoms with Crippen LogP contribution in [0.3, 0.4) is 0 Å². The first-order chi connectivity index (χ1) is 9.99. The minimum atomic E-state index is -1.03. The van der Waals surface area contributed by atoms with Gasteiger partial charge in [0.05, 0.1) is 13.0 Å². The molecule has 21 heavy (non-hydrogen) atoms. The molecule has 2 unspecified atom stereocenters. The Bertz CT molecular complexity index is 386. The molecule has 1 aliphatic rings. The van der Waals surface area contributed by atoms with Crippen molar-refractivity contribution in [3.8, 4) is 0 Å². The van der Waals surface area contributed by atoms with Gasteiger partial charge in [0.2, 0.25) is 0 Å². The van der Waals surface area contributed by atoms with Gasteiger partial charge in [-0.15, -0.1) is 0 Å². The van der Waals surface area contributed by atoms with Crippen LogP contribution < -0.4 is 5.32 Å². The summed E-state index contributed by atoms with van der Waals surface area (Å²) in [7, 11) is 1.33. The number of unbranched alkanes of at least 4 members (excludes halogenated alkanes) is 1. The first kappa shape index (κ1) is 17.3. The summed E-state index contributed by atoms with van der Waals surface area (Å²) in [5.41, 5.74) is 0. The number of urea groups is 1. The van der Waals surface area contributed by atoms with Crippen LogP contribution in [0.4, 0.5) is 4.79 Å². The molecule has 0 radical (unpaired) electrons. The van der Waals surface area contributed by atoms with Crippen molar-refractivity contribution in [1.82, 2.24) is 10.2 Å². The van der Waals surface area contributed by atoms with Gasteiger partial charge in [0.1, 0.15) is 6.04 Å². The number of hydrogen-bond acceptors (Lipinski definition) is 4. The third-order valence-electron chi connectivity index (χ3n) is 3.69. The monoisotopic (exact) mass is 300 g/mol. The van der Waals surface area contributed by atoms with Gasteiger partial charge in [0.25, 0.3) is 0 Å². The predicted octanol–water partition coefficient (Wildman–Crippen LogP) is 1.22. The molecule has 0 aromatic carbocycles. The lowest BCUT2D eigenvalue weighted by atomic mass is 9.98. The summed E-state index contributed by atoms with van der Waals surface area (Å²) in [5.74, 6) is -1.68. The molecule has 1 fully saturated rings. The van der Waals surface area contributed by atoms with Gasteiger partial charge < -0.3 is 20.1 Å². The van der Waals surface area contributed by atoms with Gasteiger partial charge >= 0.3 is 18.0 Å². The van der Waals surface area contributed by atoms with Crippen molar-refractivity contribution in [2.45, 2.75) is 45.1 Å². The van der Waals surface area contributed by atoms with E-state index in [1.807, 2.05) is 6.92 Å². The number of hydrogen-bond donors (Lipinski definition) is 2. The van der Waals surface area contributed by atoms with Crippen LogP contribution in [-0.4, -0.2) is 54.2 Å². The minimum absolute atomic E-state index is 0.276. The van der Waals surface area contributed by atoms with E-state index < -0.39 is 18.0 Å². The number of rotatable bonds is 6. The molecule has 0 spiro atoms. The quantitative estimate of drug-likeness (QED) is 0.719. The van der Waals surface area contributed by atoms with Crippen LogP contribution in [-0.2, 0) is 14.3 Å². The number of nitrogens with zero attached hydrogens (tertiary/aromatic N) is 1. The lowest BCUT2D eigenvalue weighted by Gasteiger charge is -2.32. The number of amides is 2. The Hall–Kier alpha value is -1.79. The number of nitrogens with one attached hydrogen (secondary N) is 1. The van der Waals surface area contributed by atoms with Crippen LogP contribution in [0.25, 0.3) is 0 Å². The Balaban J connectivity index is 2.56. The first-order valence-electron chi connectivity index (χ1n) is 7.35. The van der Waals surface area contributed by atoms with E-state index in [2.05, 4.69) is 5.32 Å². The summed E-state index contributed by atoms with van der Waals surface area (Å²) in [5, 5.41) is 11.7. The molecule has 0 aliphatic carbocycles. The molecule has 7 heteroatoms. The number of likely N-dealkylation sites (tertiary alicyclic amines) is 1. The maximum absolute atomic E-state index is 12.1. The lowest BCUT2D eigenvalue weighted by molar-refractivity contribution is -0.147. The van der Waals surface area contributed by atoms with E-state index in [9.17, 15) is 14.4 Å². The minimum Gasteiger partial charge on any atom is -0.480 e. The van der Waals surface area contributed by atoms with Crippen LogP contribution in [0.5, 0.6) is 0 Å². The molecule has 0 aromatic heterocycles. The van der Waals surface area contributed by atoms with Gasteiger partial charge in [0.15, 0.2) is 0 Å². The summed E-state index contributed by atoms with van der Waals surface area (Å²) in [6.07, 6.45) is 3.41. The Labute approximate surface area is 124 Å². The van der Waals surface area contributed by atoms with E-state index in [1.165, 1.54) is 12.0 Å². The number of aliphatic carboxylic acids is 1. The fourth-order valence-corrected chi connectivity index (χ4v) is 2.43. The molecule has 1 aliphatic heterocycles. The molecule has 1 heterocycles. The molecule has 120 valence electrons. The number of carboxylic acid groups (broad SMARTS) is 1. The zero-order valence-electron chi connectivity index (χ0n) is 12.6. The number of esters is 1. The second kappa shape index (κ2) is 8.49. The highest BCUT2D eigenvalue weighted by Gasteiger charge is 2.30. The highest BCUT2D eigenvalue weighted by Crippen LogP contribution is 2.18. The molecule has 1 saturated heterocycles. The average Bonchev–Trinajstić information content (AvgIpc) is 2.50. The van der Waals surface area contributed by atoms with E-state index in [0.717, 1.165) is 12.8 Å². The maximum Gasteiger partial charge on any atom is 0.326 e. The van der Waals surface area contributed by atoms with Crippen molar-refractivity contribution in [2.24, 2.45) is 5.92 Å². The summed E-state index contributed by atoms with van der Waals surface area (Å²) in [4.78, 5) is 36.3. The average molecular weight is 300 g/mol. The zero-order valence-corrected chi connectivity index (χ0v) is 12.6. The highest BCUT2D eigenvalue weighted by molar-refractivity contribution is 5.83. The largest absolute Gasteiger partial charge is 0.480 e. The predicted molar refractivity (Wildman–Crippen MR) is 75.8 cm³/mol. The fraction of sp³-hybridized carbons (Fsp3) is 0.786. The summed E-state index contributed by atoms with van der Waals surface area (Å²) >= 11 is 0. The lowest BCUT2D eigenvalue weighted by Crippen LogP contribution is -2.51. The van der Waals surface area contributed by atoms with Crippen LogP contribution in [0.15, 0.2) is 0 Å². The normalized spacial score (nSPS) is 19.7. The van der Waals surface area contributed by atoms with Crippen molar-refractivity contribution < 1.29 is 24.2 Å². The van der Waals surface area contributed by atoms with Crippen molar-refractivity contribution in [3.63, 3.8) is 0 Å². The number of carbonyl (C=O) groups is 3. The van der Waals surface area contributed by atoms with Gasteiger partial charge in [-0.3, -0.25) is 4.79 Å². The smallest absolute Gasteiger partial charge is 0.326 e. The summed E-state index contributed by atoms with van der Waals surface area (Å²) < 4.78 is 4.70. The molecule has 2 atom stereocenters. The van der Waals surface area contributed by atoms with E-state index in [4.69, 9.17) is 9.84 Å². The number of carbonyl (C=O) groups excluding carboxylic acids is 2. The first-order valence-corrected chi connectivity index (χ1v) is 7.35. The summed E-state index contributed by atoms with van der Waals surface area (Å²) in [6, 6.07) is -1.30. The maximum atomic E-state index is 12.1. The molecule has 1 rings (SSSR count). The highest BCUT2D eigenvalue weighted by atomic mass is 16.5. The van der Waals surface area contributed by atoms with E-state index >= 15 is 0 Å². The number of piperidine rings is 1. The van der Waals surface area contributed by atoms with Crippen LogP contribution in [0, 0.1) is 5.92 Å². The van der Waals surface area contributed by atoms with Crippen molar-refractivity contribution >= 4 is 18.0 Å². The molecule has 2 amide bonds. The van der Waals surface area contributed by atoms with E-state index in [-0.39, 0.29) is 18.4 Å². The third kappa shape index (κ3) is 5.24. The van der Waals surface area contributed by atoms with Gasteiger partial charge in [-0.2, -0.15) is 0 Å². The van der Waals surface area contributed by atoms with Crippen molar-refractivity contribution in [3.05, 3.63) is 0 Å². The van der Waals surface area contributed by atoms with E-state index in [0.29, 0.717) is 25.8 Å². The third-order valence-corrected chi connectivity index (χ3v) is 3.69. The number of carboxylic acids is 1. The second-order valence-corrected chi connectivity index (χ2v) is 5.29. The van der Waals surface area contributed by atoms with Crippen molar-refractivity contribution in [1.29, 1.82) is 0 Å². The topological polar surface area (TPSA) is 95.9 Å². The molecule has 0 bridgehead atoms. The standard InChI is InChI=1S/C14H24N2O5/c1-3-4-7-11(12(17)18)15-14(20)16-8-5-6-10(9-16)13(19)21-2/h10-11H,3-9H2,1-2H3,(H,15,20)(H,17,18). The van der Waals surface area contributed by atoms with Crippen molar-refractivity contribution in [2.75, 3.05) is 20.2 Å². The Kier molecular flexibility index (Phi) is 6.98. The fourth-order valence-electron chi connectivity index (χ4n) is 2.43.